The number of hydrogen-bond donors (Lipinski definition) is 1. The van der Waals surface area contributed by atoms with E-state index >= 15 is 0 Å². The molecule has 0 fully saturated rings. The summed E-state index contributed by atoms with van der Waals surface area (Å²) in [4.78, 5) is 10.6. The summed E-state index contributed by atoms with van der Waals surface area (Å²) in [7, 11) is 0. The minimum Gasteiger partial charge on any atom is -0.478 e. The third kappa shape index (κ3) is 1.93. The maximum absolute atomic E-state index is 13.1. The van der Waals surface area contributed by atoms with Crippen molar-refractivity contribution < 1.29 is 14.3 Å². The Hall–Kier alpha value is -1.64. The van der Waals surface area contributed by atoms with Gasteiger partial charge in [0, 0.05) is 5.56 Å². The van der Waals surface area contributed by atoms with Crippen molar-refractivity contribution >= 4 is 5.97 Å². The van der Waals surface area contributed by atoms with Gasteiger partial charge in [0.05, 0.1) is 5.56 Å². The lowest BCUT2D eigenvalue weighted by atomic mass is 10.0. The van der Waals surface area contributed by atoms with E-state index in [2.05, 4.69) is 6.58 Å². The minimum atomic E-state index is -1.42. The van der Waals surface area contributed by atoms with E-state index in [1.165, 1.54) is 12.1 Å². The van der Waals surface area contributed by atoms with Crippen LogP contribution >= 0.6 is 0 Å². The highest BCUT2D eigenvalue weighted by atomic mass is 19.1. The molecule has 2 nitrogen and oxygen atoms in total. The molecule has 0 aliphatic heterocycles. The van der Waals surface area contributed by atoms with Crippen molar-refractivity contribution in [2.75, 3.05) is 0 Å². The smallest absolute Gasteiger partial charge is 0.336 e. The Balaban J connectivity index is 3.19. The van der Waals surface area contributed by atoms with Crippen LogP contribution in [0.3, 0.4) is 0 Å². The highest BCUT2D eigenvalue weighted by Crippen LogP contribution is 2.22. The predicted molar refractivity (Wildman–Crippen MR) is 47.4 cm³/mol. The SMILES string of the molecule is C=CC(F)c1ccccc1C(=O)O. The molecule has 1 rings (SSSR count). The second-order valence-corrected chi connectivity index (χ2v) is 2.53. The van der Waals surface area contributed by atoms with Crippen LogP contribution in [0.25, 0.3) is 0 Å². The van der Waals surface area contributed by atoms with Crippen LogP contribution in [0, 0.1) is 0 Å². The van der Waals surface area contributed by atoms with Gasteiger partial charge in [0.25, 0.3) is 0 Å². The molecule has 0 spiro atoms. The molecule has 3 heteroatoms. The quantitative estimate of drug-likeness (QED) is 0.726. The normalized spacial score (nSPS) is 12.1. The Kier molecular flexibility index (Phi) is 2.80. The van der Waals surface area contributed by atoms with E-state index in [4.69, 9.17) is 5.11 Å². The maximum atomic E-state index is 13.1. The zero-order valence-electron chi connectivity index (χ0n) is 6.90. The molecule has 0 aromatic heterocycles. The molecule has 0 saturated carbocycles. The van der Waals surface area contributed by atoms with E-state index in [9.17, 15) is 9.18 Å². The fourth-order valence-corrected chi connectivity index (χ4v) is 1.06. The fraction of sp³-hybridized carbons (Fsp3) is 0.100. The molecule has 0 amide bonds. The molecular weight excluding hydrogens is 171 g/mol. The Morgan fingerprint density at radius 3 is 2.69 bits per heavy atom. The highest BCUT2D eigenvalue weighted by Gasteiger charge is 2.14. The summed E-state index contributed by atoms with van der Waals surface area (Å²) in [5.41, 5.74) is 0.125. The molecule has 1 aromatic rings. The summed E-state index contributed by atoms with van der Waals surface area (Å²) in [5, 5.41) is 8.71. The van der Waals surface area contributed by atoms with E-state index < -0.39 is 12.1 Å². The first-order chi connectivity index (χ1) is 6.16. The fourth-order valence-electron chi connectivity index (χ4n) is 1.06. The molecule has 0 radical (unpaired) electrons. The van der Waals surface area contributed by atoms with Gasteiger partial charge in [-0.1, -0.05) is 30.9 Å². The largest absolute Gasteiger partial charge is 0.478 e. The number of halogens is 1. The van der Waals surface area contributed by atoms with Crippen molar-refractivity contribution in [3.05, 3.63) is 48.0 Å². The number of alkyl halides is 1. The van der Waals surface area contributed by atoms with Crippen molar-refractivity contribution in [2.24, 2.45) is 0 Å². The number of rotatable bonds is 3. The summed E-state index contributed by atoms with van der Waals surface area (Å²) in [6.07, 6.45) is -0.353. The van der Waals surface area contributed by atoms with Crippen LogP contribution in [0.4, 0.5) is 4.39 Å². The van der Waals surface area contributed by atoms with Crippen LogP contribution in [0.15, 0.2) is 36.9 Å². The molecule has 0 bridgehead atoms. The summed E-state index contributed by atoms with van der Waals surface area (Å²) >= 11 is 0. The van der Waals surface area contributed by atoms with Gasteiger partial charge in [0.1, 0.15) is 6.17 Å². The molecule has 1 aromatic carbocycles. The summed E-state index contributed by atoms with van der Waals surface area (Å²) < 4.78 is 13.1. The van der Waals surface area contributed by atoms with Crippen LogP contribution < -0.4 is 0 Å². The first-order valence-corrected chi connectivity index (χ1v) is 3.75. The molecule has 0 saturated heterocycles. The van der Waals surface area contributed by atoms with Gasteiger partial charge >= 0.3 is 5.97 Å². The summed E-state index contributed by atoms with van der Waals surface area (Å²) in [6.45, 7) is 3.27. The van der Waals surface area contributed by atoms with Crippen molar-refractivity contribution in [2.45, 2.75) is 6.17 Å². The molecule has 0 aliphatic carbocycles. The number of carbonyl (C=O) groups is 1. The van der Waals surface area contributed by atoms with Gasteiger partial charge < -0.3 is 5.11 Å². The molecule has 0 aliphatic rings. The predicted octanol–water partition coefficient (Wildman–Crippen LogP) is 2.58. The molecule has 1 atom stereocenters. The van der Waals surface area contributed by atoms with Gasteiger partial charge in [-0.05, 0) is 6.07 Å². The average Bonchev–Trinajstić information content (AvgIpc) is 2.16. The van der Waals surface area contributed by atoms with Crippen molar-refractivity contribution in [3.63, 3.8) is 0 Å². The Bertz CT molecular complexity index is 333. The third-order valence-corrected chi connectivity index (χ3v) is 1.70. The standard InChI is InChI=1S/C10H9FO2/c1-2-9(11)7-5-3-4-6-8(7)10(12)13/h2-6,9H,1H2,(H,12,13). The van der Waals surface area contributed by atoms with E-state index in [0.29, 0.717) is 0 Å². The van der Waals surface area contributed by atoms with E-state index in [-0.39, 0.29) is 11.1 Å². The third-order valence-electron chi connectivity index (χ3n) is 1.70. The lowest BCUT2D eigenvalue weighted by molar-refractivity contribution is 0.0694. The van der Waals surface area contributed by atoms with Gasteiger partial charge in [-0.3, -0.25) is 0 Å². The lowest BCUT2D eigenvalue weighted by Gasteiger charge is -2.06. The first-order valence-electron chi connectivity index (χ1n) is 3.75. The van der Waals surface area contributed by atoms with Gasteiger partial charge in [-0.2, -0.15) is 0 Å². The molecule has 13 heavy (non-hydrogen) atoms. The van der Waals surface area contributed by atoms with Crippen LogP contribution in [-0.4, -0.2) is 11.1 Å². The van der Waals surface area contributed by atoms with Crippen molar-refractivity contribution in [1.29, 1.82) is 0 Å². The second kappa shape index (κ2) is 3.85. The number of hydrogen-bond acceptors (Lipinski definition) is 1. The van der Waals surface area contributed by atoms with E-state index in [1.807, 2.05) is 0 Å². The highest BCUT2D eigenvalue weighted by molar-refractivity contribution is 5.89. The topological polar surface area (TPSA) is 37.3 Å². The summed E-state index contributed by atoms with van der Waals surface area (Å²) in [6, 6.07) is 5.96. The first kappa shape index (κ1) is 9.45. The van der Waals surface area contributed by atoms with Gasteiger partial charge in [0.15, 0.2) is 0 Å². The van der Waals surface area contributed by atoms with Crippen LogP contribution in [0.5, 0.6) is 0 Å². The van der Waals surface area contributed by atoms with Gasteiger partial charge in [-0.15, -0.1) is 0 Å². The number of carboxylic acid groups (broad SMARTS) is 1. The van der Waals surface area contributed by atoms with Crippen molar-refractivity contribution in [3.8, 4) is 0 Å². The number of allylic oxidation sites excluding steroid dienone is 1. The Morgan fingerprint density at radius 2 is 2.15 bits per heavy atom. The number of benzene rings is 1. The molecular formula is C10H9FO2. The van der Waals surface area contributed by atoms with Gasteiger partial charge in [-0.25, -0.2) is 9.18 Å². The molecule has 68 valence electrons. The monoisotopic (exact) mass is 180 g/mol. The minimum absolute atomic E-state index is 0.0186. The van der Waals surface area contributed by atoms with Gasteiger partial charge in [0.2, 0.25) is 0 Å². The van der Waals surface area contributed by atoms with Crippen LogP contribution in [-0.2, 0) is 0 Å². The zero-order chi connectivity index (χ0) is 9.84. The van der Waals surface area contributed by atoms with E-state index in [1.54, 1.807) is 12.1 Å². The Morgan fingerprint density at radius 1 is 1.54 bits per heavy atom. The van der Waals surface area contributed by atoms with Crippen LogP contribution in [0.1, 0.15) is 22.1 Å². The van der Waals surface area contributed by atoms with E-state index in [0.717, 1.165) is 6.08 Å². The molecule has 0 heterocycles. The zero-order valence-corrected chi connectivity index (χ0v) is 6.90. The lowest BCUT2D eigenvalue weighted by Crippen LogP contribution is -2.02. The Labute approximate surface area is 75.3 Å². The molecule has 1 N–H and O–H groups in total. The van der Waals surface area contributed by atoms with Crippen LogP contribution in [0.2, 0.25) is 0 Å². The second-order valence-electron chi connectivity index (χ2n) is 2.53. The number of aromatic carboxylic acids is 1. The number of carboxylic acids is 1. The maximum Gasteiger partial charge on any atom is 0.336 e. The molecule has 1 unspecified atom stereocenters. The average molecular weight is 180 g/mol. The summed E-state index contributed by atoms with van der Waals surface area (Å²) in [5.74, 6) is -1.12. The van der Waals surface area contributed by atoms with Crippen molar-refractivity contribution in [1.82, 2.24) is 0 Å².